The Bertz CT molecular complexity index is 958. The molecule has 2 aromatic carbocycles. The topological polar surface area (TPSA) is 66.8 Å². The van der Waals surface area contributed by atoms with E-state index in [4.69, 9.17) is 4.74 Å². The molecule has 27 heavy (non-hydrogen) atoms. The number of nitrogens with one attached hydrogen (secondary N) is 1. The first-order valence-electron chi connectivity index (χ1n) is 8.63. The minimum Gasteiger partial charge on any atom is -0.466 e. The van der Waals surface area contributed by atoms with Crippen molar-refractivity contribution in [1.82, 2.24) is 4.98 Å². The molecule has 0 aliphatic carbocycles. The summed E-state index contributed by atoms with van der Waals surface area (Å²) in [5.41, 5.74) is 3.46. The van der Waals surface area contributed by atoms with Gasteiger partial charge in [0.2, 0.25) is 5.90 Å². The van der Waals surface area contributed by atoms with Crippen LogP contribution < -0.4 is 10.3 Å². The highest BCUT2D eigenvalue weighted by molar-refractivity contribution is 6.06. The molecule has 1 amide bonds. The molecule has 1 aliphatic heterocycles. The van der Waals surface area contributed by atoms with E-state index < -0.39 is 0 Å². The van der Waals surface area contributed by atoms with Gasteiger partial charge in [-0.3, -0.25) is 9.78 Å². The summed E-state index contributed by atoms with van der Waals surface area (Å²) in [6.07, 6.45) is 3.57. The summed E-state index contributed by atoms with van der Waals surface area (Å²) in [5, 5.41) is 9.22. The Hall–Kier alpha value is -3.67. The van der Waals surface area contributed by atoms with Crippen molar-refractivity contribution in [2.45, 2.75) is 6.54 Å². The highest BCUT2D eigenvalue weighted by atomic mass is 16.5. The fourth-order valence-corrected chi connectivity index (χ4v) is 2.79. The molecule has 0 unspecified atom stereocenters. The Morgan fingerprint density at radius 3 is 2.63 bits per heavy atom. The van der Waals surface area contributed by atoms with Crippen LogP contribution in [0.15, 0.2) is 84.2 Å². The number of hydrogen-bond donors (Lipinski definition) is 1. The van der Waals surface area contributed by atoms with Gasteiger partial charge in [0.15, 0.2) is 6.61 Å². The van der Waals surface area contributed by atoms with Gasteiger partial charge in [-0.1, -0.05) is 36.4 Å². The Morgan fingerprint density at radius 1 is 1.00 bits per heavy atom. The van der Waals surface area contributed by atoms with E-state index in [1.807, 2.05) is 72.9 Å². The number of amides is 1. The van der Waals surface area contributed by atoms with E-state index in [9.17, 15) is 4.79 Å². The smallest absolute Gasteiger partial charge is 0.285 e. The minimum atomic E-state index is -0.203. The molecule has 1 aromatic heterocycles. The zero-order chi connectivity index (χ0) is 18.5. The lowest BCUT2D eigenvalue weighted by Gasteiger charge is -2.24. The van der Waals surface area contributed by atoms with Crippen LogP contribution in [0.5, 0.6) is 0 Å². The van der Waals surface area contributed by atoms with Crippen LogP contribution in [-0.4, -0.2) is 23.4 Å². The second kappa shape index (κ2) is 7.70. The molecule has 134 valence electrons. The van der Waals surface area contributed by atoms with Crippen molar-refractivity contribution in [2.75, 3.05) is 16.9 Å². The van der Waals surface area contributed by atoms with Gasteiger partial charge in [-0.25, -0.2) is 0 Å². The standard InChI is InChI=1S/C21H18N4O2/c26-20-15-27-21(24-25(20)17-8-2-1-3-9-17)18-10-4-5-11-19(18)23-14-16-7-6-12-22-13-16/h1-13,23H,14-15H2. The Kier molecular flexibility index (Phi) is 4.78. The fraction of sp³-hybridized carbons (Fsp3) is 0.0952. The number of carbonyl (C=O) groups excluding carboxylic acids is 1. The van der Waals surface area contributed by atoms with Gasteiger partial charge in [-0.05, 0) is 35.9 Å². The lowest BCUT2D eigenvalue weighted by molar-refractivity contribution is -0.121. The summed E-state index contributed by atoms with van der Waals surface area (Å²) in [6.45, 7) is 0.574. The van der Waals surface area contributed by atoms with E-state index in [1.54, 1.807) is 6.20 Å². The van der Waals surface area contributed by atoms with Gasteiger partial charge in [0.25, 0.3) is 5.91 Å². The first-order valence-corrected chi connectivity index (χ1v) is 8.63. The highest BCUT2D eigenvalue weighted by Gasteiger charge is 2.25. The first-order chi connectivity index (χ1) is 13.3. The largest absolute Gasteiger partial charge is 0.466 e. The molecule has 0 fully saturated rings. The Morgan fingerprint density at radius 2 is 1.81 bits per heavy atom. The summed E-state index contributed by atoms with van der Waals surface area (Å²) >= 11 is 0. The van der Waals surface area contributed by atoms with Crippen LogP contribution >= 0.6 is 0 Å². The van der Waals surface area contributed by atoms with Crippen LogP contribution in [-0.2, 0) is 16.1 Å². The number of rotatable bonds is 5. The molecule has 3 aromatic rings. The second-order valence-electron chi connectivity index (χ2n) is 6.00. The minimum absolute atomic E-state index is 0.0509. The lowest BCUT2D eigenvalue weighted by atomic mass is 10.1. The average molecular weight is 358 g/mol. The lowest BCUT2D eigenvalue weighted by Crippen LogP contribution is -2.37. The van der Waals surface area contributed by atoms with Crippen LogP contribution in [0.2, 0.25) is 0 Å². The number of carbonyl (C=O) groups is 1. The quantitative estimate of drug-likeness (QED) is 0.759. The van der Waals surface area contributed by atoms with Crippen molar-refractivity contribution < 1.29 is 9.53 Å². The predicted octanol–water partition coefficient (Wildman–Crippen LogP) is 3.42. The van der Waals surface area contributed by atoms with Crippen LogP contribution in [0.1, 0.15) is 11.1 Å². The molecular formula is C21H18N4O2. The summed E-state index contributed by atoms with van der Waals surface area (Å²) in [6, 6.07) is 21.0. The number of ether oxygens (including phenoxy) is 1. The number of hydrazone groups is 1. The van der Waals surface area contributed by atoms with E-state index in [1.165, 1.54) is 5.01 Å². The average Bonchev–Trinajstić information content (AvgIpc) is 2.74. The van der Waals surface area contributed by atoms with Gasteiger partial charge >= 0.3 is 0 Å². The molecule has 0 saturated carbocycles. The molecule has 6 nitrogen and oxygen atoms in total. The van der Waals surface area contributed by atoms with Crippen molar-refractivity contribution >= 4 is 23.2 Å². The van der Waals surface area contributed by atoms with Crippen molar-refractivity contribution in [1.29, 1.82) is 0 Å². The predicted molar refractivity (Wildman–Crippen MR) is 104 cm³/mol. The molecule has 6 heteroatoms. The zero-order valence-electron chi connectivity index (χ0n) is 14.6. The van der Waals surface area contributed by atoms with Crippen LogP contribution in [0.4, 0.5) is 11.4 Å². The Balaban J connectivity index is 1.62. The molecule has 1 N–H and O–H groups in total. The van der Waals surface area contributed by atoms with Gasteiger partial charge in [0.05, 0.1) is 11.3 Å². The van der Waals surface area contributed by atoms with E-state index in [0.717, 1.165) is 16.8 Å². The van der Waals surface area contributed by atoms with Gasteiger partial charge in [0.1, 0.15) is 0 Å². The molecule has 1 aliphatic rings. The second-order valence-corrected chi connectivity index (χ2v) is 6.00. The molecule has 2 heterocycles. The van der Waals surface area contributed by atoms with Crippen molar-refractivity contribution in [3.8, 4) is 0 Å². The number of nitrogens with zero attached hydrogens (tertiary/aromatic N) is 3. The van der Waals surface area contributed by atoms with Gasteiger partial charge < -0.3 is 10.1 Å². The molecule has 4 rings (SSSR count). The number of pyridine rings is 1. The summed E-state index contributed by atoms with van der Waals surface area (Å²) in [7, 11) is 0. The van der Waals surface area contributed by atoms with Gasteiger partial charge in [0, 0.05) is 24.6 Å². The molecular weight excluding hydrogens is 340 g/mol. The third kappa shape index (κ3) is 3.79. The maximum Gasteiger partial charge on any atom is 0.285 e. The van der Waals surface area contributed by atoms with E-state index in [0.29, 0.717) is 18.1 Å². The molecule has 0 saturated heterocycles. The zero-order valence-corrected chi connectivity index (χ0v) is 14.6. The summed E-state index contributed by atoms with van der Waals surface area (Å²) < 4.78 is 5.63. The Labute approximate surface area is 157 Å². The SMILES string of the molecule is O=C1COC(c2ccccc2NCc2cccnc2)=NN1c1ccccc1. The van der Waals surface area contributed by atoms with Crippen LogP contribution in [0, 0.1) is 0 Å². The molecule has 0 radical (unpaired) electrons. The van der Waals surface area contributed by atoms with E-state index >= 15 is 0 Å². The molecule has 0 atom stereocenters. The summed E-state index contributed by atoms with van der Waals surface area (Å²) in [5.74, 6) is 0.207. The van der Waals surface area contributed by atoms with Gasteiger partial charge in [-0.2, -0.15) is 5.01 Å². The first kappa shape index (κ1) is 16.8. The van der Waals surface area contributed by atoms with Crippen molar-refractivity contribution in [3.63, 3.8) is 0 Å². The number of aromatic nitrogens is 1. The van der Waals surface area contributed by atoms with E-state index in [2.05, 4.69) is 15.4 Å². The van der Waals surface area contributed by atoms with Gasteiger partial charge in [-0.15, -0.1) is 5.10 Å². The maximum absolute atomic E-state index is 12.2. The maximum atomic E-state index is 12.2. The monoisotopic (exact) mass is 358 g/mol. The van der Waals surface area contributed by atoms with Crippen LogP contribution in [0.25, 0.3) is 0 Å². The van der Waals surface area contributed by atoms with Crippen molar-refractivity contribution in [2.24, 2.45) is 5.10 Å². The number of hydrogen-bond acceptors (Lipinski definition) is 5. The summed E-state index contributed by atoms with van der Waals surface area (Å²) in [4.78, 5) is 16.4. The normalized spacial score (nSPS) is 13.7. The number of benzene rings is 2. The van der Waals surface area contributed by atoms with E-state index in [-0.39, 0.29) is 12.5 Å². The van der Waals surface area contributed by atoms with Crippen LogP contribution in [0.3, 0.4) is 0 Å². The third-order valence-electron chi connectivity index (χ3n) is 4.12. The molecule has 0 bridgehead atoms. The highest BCUT2D eigenvalue weighted by Crippen LogP contribution is 2.23. The van der Waals surface area contributed by atoms with Crippen molar-refractivity contribution in [3.05, 3.63) is 90.3 Å². The third-order valence-corrected chi connectivity index (χ3v) is 4.12. The number of para-hydroxylation sites is 2. The number of anilines is 2. The molecule has 0 spiro atoms. The fourth-order valence-electron chi connectivity index (χ4n) is 2.79.